The Bertz CT molecular complexity index is 837. The van der Waals surface area contributed by atoms with E-state index in [2.05, 4.69) is 0 Å². The molecule has 28 heavy (non-hydrogen) atoms. The average Bonchev–Trinajstić information content (AvgIpc) is 2.98. The molecule has 0 unspecified atom stereocenters. The van der Waals surface area contributed by atoms with Gasteiger partial charge in [-0.2, -0.15) is 0 Å². The van der Waals surface area contributed by atoms with Gasteiger partial charge in [-0.15, -0.1) is 0 Å². The number of hydrogen-bond acceptors (Lipinski definition) is 4. The summed E-state index contributed by atoms with van der Waals surface area (Å²) in [6.45, 7) is 4.18. The Morgan fingerprint density at radius 3 is 2.29 bits per heavy atom. The zero-order valence-electron chi connectivity index (χ0n) is 16.4. The van der Waals surface area contributed by atoms with E-state index in [-0.39, 0.29) is 18.4 Å². The van der Waals surface area contributed by atoms with Crippen LogP contribution < -0.4 is 9.47 Å². The Morgan fingerprint density at radius 1 is 0.893 bits per heavy atom. The summed E-state index contributed by atoms with van der Waals surface area (Å²) < 4.78 is 10.9. The minimum atomic E-state index is -0.0869. The second kappa shape index (κ2) is 9.26. The summed E-state index contributed by atoms with van der Waals surface area (Å²) >= 11 is 0. The van der Waals surface area contributed by atoms with Crippen molar-refractivity contribution in [1.29, 1.82) is 0 Å². The van der Waals surface area contributed by atoms with Gasteiger partial charge in [0.05, 0.1) is 7.11 Å². The van der Waals surface area contributed by atoms with Gasteiger partial charge >= 0.3 is 0 Å². The van der Waals surface area contributed by atoms with Crippen LogP contribution in [0.5, 0.6) is 11.5 Å². The molecule has 148 valence electrons. The first-order valence-electron chi connectivity index (χ1n) is 9.48. The highest BCUT2D eigenvalue weighted by molar-refractivity contribution is 5.95. The number of benzene rings is 2. The molecule has 0 saturated carbocycles. The number of ether oxygens (including phenoxy) is 2. The van der Waals surface area contributed by atoms with Crippen molar-refractivity contribution in [2.75, 3.05) is 39.9 Å². The predicted octanol–water partition coefficient (Wildman–Crippen LogP) is 2.76. The molecular weight excluding hydrogens is 356 g/mol. The van der Waals surface area contributed by atoms with E-state index < -0.39 is 0 Å². The standard InChI is InChI=1S/C22H26N2O4/c1-17-8-3-4-9-18(17)22(26)24-13-7-12-23(14-15-24)21(25)16-28-20-11-6-5-10-19(20)27-2/h3-6,8-11H,7,12-16H2,1-2H3. The average molecular weight is 382 g/mol. The molecule has 1 aliphatic rings. The van der Waals surface area contributed by atoms with E-state index in [1.54, 1.807) is 24.1 Å². The van der Waals surface area contributed by atoms with Gasteiger partial charge in [-0.05, 0) is 37.1 Å². The first kappa shape index (κ1) is 19.7. The largest absolute Gasteiger partial charge is 0.493 e. The second-order valence-electron chi connectivity index (χ2n) is 6.78. The number of amides is 2. The molecule has 2 aromatic rings. The topological polar surface area (TPSA) is 59.1 Å². The highest BCUT2D eigenvalue weighted by Gasteiger charge is 2.23. The summed E-state index contributed by atoms with van der Waals surface area (Å²) in [6.07, 6.45) is 0.748. The number of nitrogens with zero attached hydrogens (tertiary/aromatic N) is 2. The number of rotatable bonds is 5. The van der Waals surface area contributed by atoms with E-state index in [4.69, 9.17) is 9.47 Å². The van der Waals surface area contributed by atoms with Gasteiger partial charge in [0.15, 0.2) is 18.1 Å². The number of aryl methyl sites for hydroxylation is 1. The lowest BCUT2D eigenvalue weighted by Gasteiger charge is -2.23. The maximum atomic E-state index is 12.8. The van der Waals surface area contributed by atoms with Crippen LogP contribution in [0, 0.1) is 6.92 Å². The molecule has 0 radical (unpaired) electrons. The molecule has 0 aliphatic carbocycles. The van der Waals surface area contributed by atoms with Gasteiger partial charge in [0.1, 0.15) is 0 Å². The lowest BCUT2D eigenvalue weighted by molar-refractivity contribution is -0.133. The van der Waals surface area contributed by atoms with Crippen molar-refractivity contribution in [1.82, 2.24) is 9.80 Å². The highest BCUT2D eigenvalue weighted by Crippen LogP contribution is 2.25. The summed E-state index contributed by atoms with van der Waals surface area (Å²) in [5.74, 6) is 1.08. The van der Waals surface area contributed by atoms with Gasteiger partial charge in [0, 0.05) is 31.7 Å². The zero-order chi connectivity index (χ0) is 19.9. The lowest BCUT2D eigenvalue weighted by atomic mass is 10.1. The van der Waals surface area contributed by atoms with Crippen LogP contribution in [-0.2, 0) is 4.79 Å². The first-order chi connectivity index (χ1) is 13.6. The fraction of sp³-hybridized carbons (Fsp3) is 0.364. The number of carbonyl (C=O) groups is 2. The summed E-state index contributed by atoms with van der Waals surface area (Å²) in [7, 11) is 1.57. The maximum absolute atomic E-state index is 12.8. The zero-order valence-corrected chi connectivity index (χ0v) is 16.4. The van der Waals surface area contributed by atoms with Gasteiger partial charge in [0.25, 0.3) is 11.8 Å². The number of carbonyl (C=O) groups excluding carboxylic acids is 2. The SMILES string of the molecule is COc1ccccc1OCC(=O)N1CCCN(C(=O)c2ccccc2C)CC1. The summed E-state index contributed by atoms with van der Waals surface area (Å²) in [6, 6.07) is 14.9. The monoisotopic (exact) mass is 382 g/mol. The van der Waals surface area contributed by atoms with E-state index in [1.807, 2.05) is 48.2 Å². The summed E-state index contributed by atoms with van der Waals surface area (Å²) in [5.41, 5.74) is 1.69. The van der Waals surface area contributed by atoms with Crippen LogP contribution in [-0.4, -0.2) is 61.5 Å². The fourth-order valence-electron chi connectivity index (χ4n) is 3.32. The van der Waals surface area contributed by atoms with Crippen molar-refractivity contribution in [3.63, 3.8) is 0 Å². The van der Waals surface area contributed by atoms with Crippen LogP contribution >= 0.6 is 0 Å². The Hall–Kier alpha value is -3.02. The highest BCUT2D eigenvalue weighted by atomic mass is 16.5. The van der Waals surface area contributed by atoms with Crippen LogP contribution in [0.2, 0.25) is 0 Å². The first-order valence-corrected chi connectivity index (χ1v) is 9.48. The van der Waals surface area contributed by atoms with E-state index in [0.717, 1.165) is 17.5 Å². The van der Waals surface area contributed by atoms with Crippen LogP contribution in [0.1, 0.15) is 22.3 Å². The molecular formula is C22H26N2O4. The van der Waals surface area contributed by atoms with E-state index >= 15 is 0 Å². The second-order valence-corrected chi connectivity index (χ2v) is 6.78. The molecule has 3 rings (SSSR count). The van der Waals surface area contributed by atoms with Gasteiger partial charge in [-0.25, -0.2) is 0 Å². The third-order valence-electron chi connectivity index (χ3n) is 4.93. The van der Waals surface area contributed by atoms with Crippen LogP contribution in [0.15, 0.2) is 48.5 Å². The van der Waals surface area contributed by atoms with Crippen molar-refractivity contribution < 1.29 is 19.1 Å². The number of hydrogen-bond donors (Lipinski definition) is 0. The van der Waals surface area contributed by atoms with Crippen molar-refractivity contribution >= 4 is 11.8 Å². The van der Waals surface area contributed by atoms with Crippen molar-refractivity contribution in [3.05, 3.63) is 59.7 Å². The van der Waals surface area contributed by atoms with Crippen molar-refractivity contribution in [3.8, 4) is 11.5 Å². The molecule has 6 heteroatoms. The Morgan fingerprint density at radius 2 is 1.54 bits per heavy atom. The minimum absolute atomic E-state index is 0.0256. The fourth-order valence-corrected chi connectivity index (χ4v) is 3.32. The van der Waals surface area contributed by atoms with E-state index in [9.17, 15) is 9.59 Å². The van der Waals surface area contributed by atoms with Gasteiger partial charge in [-0.3, -0.25) is 9.59 Å². The molecule has 6 nitrogen and oxygen atoms in total. The molecule has 1 saturated heterocycles. The van der Waals surface area contributed by atoms with Gasteiger partial charge in [0.2, 0.25) is 0 Å². The molecule has 2 aromatic carbocycles. The number of methoxy groups -OCH3 is 1. The third kappa shape index (κ3) is 4.63. The summed E-state index contributed by atoms with van der Waals surface area (Å²) in [5, 5.41) is 0. The smallest absolute Gasteiger partial charge is 0.260 e. The van der Waals surface area contributed by atoms with Crippen molar-refractivity contribution in [2.45, 2.75) is 13.3 Å². The Kier molecular flexibility index (Phi) is 6.53. The molecule has 0 atom stereocenters. The molecule has 0 aromatic heterocycles. The minimum Gasteiger partial charge on any atom is -0.493 e. The van der Waals surface area contributed by atoms with Crippen LogP contribution in [0.3, 0.4) is 0 Å². The molecule has 1 fully saturated rings. The van der Waals surface area contributed by atoms with Crippen LogP contribution in [0.4, 0.5) is 0 Å². The Labute approximate surface area is 165 Å². The van der Waals surface area contributed by atoms with E-state index in [0.29, 0.717) is 37.7 Å². The molecule has 0 bridgehead atoms. The predicted molar refractivity (Wildman–Crippen MR) is 107 cm³/mol. The molecule has 2 amide bonds. The molecule has 0 spiro atoms. The lowest BCUT2D eigenvalue weighted by Crippen LogP contribution is -2.39. The van der Waals surface area contributed by atoms with Crippen LogP contribution in [0.25, 0.3) is 0 Å². The quantitative estimate of drug-likeness (QED) is 0.798. The van der Waals surface area contributed by atoms with E-state index in [1.165, 1.54) is 0 Å². The molecule has 1 aliphatic heterocycles. The molecule has 0 N–H and O–H groups in total. The summed E-state index contributed by atoms with van der Waals surface area (Å²) in [4.78, 5) is 29.0. The number of para-hydroxylation sites is 2. The third-order valence-corrected chi connectivity index (χ3v) is 4.93. The van der Waals surface area contributed by atoms with Gasteiger partial charge in [-0.1, -0.05) is 30.3 Å². The maximum Gasteiger partial charge on any atom is 0.260 e. The molecule has 1 heterocycles. The Balaban J connectivity index is 1.56. The normalized spacial score (nSPS) is 14.4. The van der Waals surface area contributed by atoms with Crippen molar-refractivity contribution in [2.24, 2.45) is 0 Å². The van der Waals surface area contributed by atoms with Gasteiger partial charge < -0.3 is 19.3 Å².